The summed E-state index contributed by atoms with van der Waals surface area (Å²) in [5, 5.41) is 12.7. The van der Waals surface area contributed by atoms with Crippen LogP contribution in [-0.2, 0) is 20.8 Å². The van der Waals surface area contributed by atoms with Gasteiger partial charge in [0.25, 0.3) is 0 Å². The van der Waals surface area contributed by atoms with Gasteiger partial charge in [-0.15, -0.1) is 0 Å². The number of ether oxygens (including phenoxy) is 1. The molecule has 2 heterocycles. The Kier molecular flexibility index (Phi) is 4.29. The van der Waals surface area contributed by atoms with Crippen molar-refractivity contribution in [1.29, 1.82) is 0 Å². The molecule has 0 unspecified atom stereocenters. The van der Waals surface area contributed by atoms with Crippen molar-refractivity contribution in [2.24, 2.45) is 0 Å². The number of likely N-dealkylation sites (tertiary alicyclic amines) is 1. The fraction of sp³-hybridized carbons (Fsp3) is 0.438. The summed E-state index contributed by atoms with van der Waals surface area (Å²) in [5.41, 5.74) is 1.74. The van der Waals surface area contributed by atoms with Crippen molar-refractivity contribution in [2.75, 3.05) is 19.7 Å². The lowest BCUT2D eigenvalue weighted by Gasteiger charge is -2.16. The summed E-state index contributed by atoms with van der Waals surface area (Å²) in [6.45, 7) is 0.376. The van der Waals surface area contributed by atoms with Gasteiger partial charge in [-0.25, -0.2) is 0 Å². The first-order chi connectivity index (χ1) is 11.0. The van der Waals surface area contributed by atoms with Gasteiger partial charge in [-0.2, -0.15) is 0 Å². The molecule has 2 aliphatic heterocycles. The Morgan fingerprint density at radius 2 is 2.00 bits per heavy atom. The van der Waals surface area contributed by atoms with Crippen LogP contribution in [0.1, 0.15) is 30.1 Å². The number of nitrogens with zero attached hydrogens (tertiary/aromatic N) is 1. The van der Waals surface area contributed by atoms with Gasteiger partial charge >= 0.3 is 0 Å². The van der Waals surface area contributed by atoms with Crippen LogP contribution in [0.2, 0.25) is 0 Å². The number of nitrogens with one attached hydrogen (secondary N) is 1. The lowest BCUT2D eigenvalue weighted by molar-refractivity contribution is -0.142. The van der Waals surface area contributed by atoms with Crippen LogP contribution in [0.4, 0.5) is 0 Å². The average Bonchev–Trinajstić information content (AvgIpc) is 3.13. The molecule has 1 aromatic carbocycles. The quantitative estimate of drug-likeness (QED) is 0.740. The number of fused-ring (bicyclic) bond motifs is 1. The largest absolute Gasteiger partial charge is 0.493 e. The number of carbonyl (C=O) groups excluding carboxylic acids is 3. The van der Waals surface area contributed by atoms with Gasteiger partial charge in [0, 0.05) is 25.8 Å². The van der Waals surface area contributed by atoms with Crippen molar-refractivity contribution in [3.63, 3.8) is 0 Å². The van der Waals surface area contributed by atoms with E-state index in [-0.39, 0.29) is 37.7 Å². The molecule has 3 rings (SSSR count). The lowest BCUT2D eigenvalue weighted by atomic mass is 10.0. The van der Waals surface area contributed by atoms with Gasteiger partial charge in [-0.3, -0.25) is 19.3 Å². The number of amides is 3. The second kappa shape index (κ2) is 6.37. The molecule has 0 spiro atoms. The summed E-state index contributed by atoms with van der Waals surface area (Å²) in [6.07, 6.45) is 0.272. The Bertz CT molecular complexity index is 642. The van der Waals surface area contributed by atoms with Gasteiger partial charge < -0.3 is 15.2 Å². The van der Waals surface area contributed by atoms with Gasteiger partial charge in [0.1, 0.15) is 12.3 Å². The van der Waals surface area contributed by atoms with Gasteiger partial charge in [-0.05, 0) is 23.3 Å². The van der Waals surface area contributed by atoms with Crippen LogP contribution in [0.3, 0.4) is 0 Å². The maximum absolute atomic E-state index is 11.8. The van der Waals surface area contributed by atoms with Crippen molar-refractivity contribution in [3.05, 3.63) is 29.3 Å². The molecule has 1 saturated heterocycles. The zero-order chi connectivity index (χ0) is 16.4. The van der Waals surface area contributed by atoms with Gasteiger partial charge in [0.2, 0.25) is 17.7 Å². The summed E-state index contributed by atoms with van der Waals surface area (Å²) in [4.78, 5) is 35.7. The van der Waals surface area contributed by atoms with Crippen LogP contribution in [0.25, 0.3) is 0 Å². The number of carbonyl (C=O) groups is 3. The molecule has 122 valence electrons. The zero-order valence-electron chi connectivity index (χ0n) is 12.6. The van der Waals surface area contributed by atoms with Crippen molar-refractivity contribution >= 4 is 17.7 Å². The normalized spacial score (nSPS) is 17.9. The van der Waals surface area contributed by atoms with E-state index in [1.807, 2.05) is 12.1 Å². The molecular weight excluding hydrogens is 300 g/mol. The standard InChI is InChI=1S/C16H18N2O5/c19-12(10-1-2-13-11(7-10)5-6-23-13)8-17-14(20)9-18-15(21)3-4-16(18)22/h1-2,7,12,19H,3-6,8-9H2,(H,17,20)/t12-/m0/s1. The second-order valence-corrected chi connectivity index (χ2v) is 5.66. The predicted molar refractivity (Wildman–Crippen MR) is 79.6 cm³/mol. The SMILES string of the molecule is O=C(CN1C(=O)CCC1=O)NC[C@H](O)c1ccc2c(c1)CCO2. The number of rotatable bonds is 5. The van der Waals surface area contributed by atoms with Crippen molar-refractivity contribution in [3.8, 4) is 5.75 Å². The van der Waals surface area contributed by atoms with Crippen LogP contribution in [0, 0.1) is 0 Å². The van der Waals surface area contributed by atoms with E-state index in [9.17, 15) is 19.5 Å². The summed E-state index contributed by atoms with van der Waals surface area (Å²) in [6, 6.07) is 5.44. The summed E-state index contributed by atoms with van der Waals surface area (Å²) in [5.74, 6) is -0.290. The molecule has 23 heavy (non-hydrogen) atoms. The fourth-order valence-electron chi connectivity index (χ4n) is 2.74. The molecule has 3 amide bonds. The van der Waals surface area contributed by atoms with Crippen LogP contribution in [0.15, 0.2) is 18.2 Å². The van der Waals surface area contributed by atoms with E-state index in [2.05, 4.69) is 5.32 Å². The molecule has 0 radical (unpaired) electrons. The van der Waals surface area contributed by atoms with Crippen molar-refractivity contribution in [2.45, 2.75) is 25.4 Å². The third-order valence-corrected chi connectivity index (χ3v) is 4.05. The molecule has 2 aliphatic rings. The molecule has 1 atom stereocenters. The highest BCUT2D eigenvalue weighted by Gasteiger charge is 2.30. The zero-order valence-corrected chi connectivity index (χ0v) is 12.6. The first-order valence-corrected chi connectivity index (χ1v) is 7.58. The minimum Gasteiger partial charge on any atom is -0.493 e. The molecule has 0 bridgehead atoms. The molecule has 2 N–H and O–H groups in total. The van der Waals surface area contributed by atoms with E-state index in [0.29, 0.717) is 12.2 Å². The third kappa shape index (κ3) is 3.34. The Labute approximate surface area is 133 Å². The van der Waals surface area contributed by atoms with Crippen molar-refractivity contribution in [1.82, 2.24) is 10.2 Å². The monoisotopic (exact) mass is 318 g/mol. The summed E-state index contributed by atoms with van der Waals surface area (Å²) < 4.78 is 5.41. The number of aliphatic hydroxyl groups excluding tert-OH is 1. The van der Waals surface area contributed by atoms with E-state index in [1.165, 1.54) is 0 Å². The van der Waals surface area contributed by atoms with Crippen LogP contribution < -0.4 is 10.1 Å². The van der Waals surface area contributed by atoms with E-state index < -0.39 is 12.0 Å². The minimum atomic E-state index is -0.852. The van der Waals surface area contributed by atoms with Gasteiger partial charge in [0.15, 0.2) is 0 Å². The number of aliphatic hydroxyl groups is 1. The predicted octanol–water partition coefficient (Wildman–Crippen LogP) is -0.0799. The highest BCUT2D eigenvalue weighted by Crippen LogP contribution is 2.28. The molecule has 1 fully saturated rings. The molecule has 0 aromatic heterocycles. The van der Waals surface area contributed by atoms with E-state index in [1.54, 1.807) is 6.07 Å². The number of imide groups is 1. The Hall–Kier alpha value is -2.41. The van der Waals surface area contributed by atoms with Crippen LogP contribution >= 0.6 is 0 Å². The Morgan fingerprint density at radius 3 is 2.74 bits per heavy atom. The second-order valence-electron chi connectivity index (χ2n) is 5.66. The first kappa shape index (κ1) is 15.5. The van der Waals surface area contributed by atoms with Gasteiger partial charge in [-0.1, -0.05) is 6.07 Å². The Morgan fingerprint density at radius 1 is 1.26 bits per heavy atom. The number of hydrogen-bond donors (Lipinski definition) is 2. The molecule has 0 aliphatic carbocycles. The molecule has 0 saturated carbocycles. The van der Waals surface area contributed by atoms with E-state index in [0.717, 1.165) is 22.6 Å². The first-order valence-electron chi connectivity index (χ1n) is 7.58. The van der Waals surface area contributed by atoms with Gasteiger partial charge in [0.05, 0.1) is 12.7 Å². The van der Waals surface area contributed by atoms with E-state index in [4.69, 9.17) is 4.74 Å². The fourth-order valence-corrected chi connectivity index (χ4v) is 2.74. The molecule has 7 nitrogen and oxygen atoms in total. The van der Waals surface area contributed by atoms with Crippen LogP contribution in [-0.4, -0.2) is 47.4 Å². The highest BCUT2D eigenvalue weighted by molar-refractivity contribution is 6.04. The summed E-state index contributed by atoms with van der Waals surface area (Å²) in [7, 11) is 0. The lowest BCUT2D eigenvalue weighted by Crippen LogP contribution is -2.41. The molecular formula is C16H18N2O5. The van der Waals surface area contributed by atoms with E-state index >= 15 is 0 Å². The van der Waals surface area contributed by atoms with Crippen molar-refractivity contribution < 1.29 is 24.2 Å². The topological polar surface area (TPSA) is 95.9 Å². The Balaban J connectivity index is 1.52. The smallest absolute Gasteiger partial charge is 0.240 e. The molecule has 7 heteroatoms. The maximum Gasteiger partial charge on any atom is 0.240 e. The molecule has 1 aromatic rings. The van der Waals surface area contributed by atoms with Crippen LogP contribution in [0.5, 0.6) is 5.75 Å². The number of hydrogen-bond acceptors (Lipinski definition) is 5. The maximum atomic E-state index is 11.8. The highest BCUT2D eigenvalue weighted by atomic mass is 16.5. The third-order valence-electron chi connectivity index (χ3n) is 4.05. The minimum absolute atomic E-state index is 0.0225. The summed E-state index contributed by atoms with van der Waals surface area (Å²) >= 11 is 0. The number of benzene rings is 1. The average molecular weight is 318 g/mol.